The number of methoxy groups -OCH3 is 2. The number of nitrogens with one attached hydrogen (secondary N) is 2. The molecule has 0 bridgehead atoms. The average Bonchev–Trinajstić information content (AvgIpc) is 3.17. The third-order valence-electron chi connectivity index (χ3n) is 4.80. The number of hydrogen-bond acceptors (Lipinski definition) is 8. The molecule has 0 atom stereocenters. The zero-order chi connectivity index (χ0) is 24.4. The molecular weight excluding hydrogens is 481 g/mol. The lowest BCUT2D eigenvalue weighted by atomic mass is 10.1. The Morgan fingerprint density at radius 3 is 2.47 bits per heavy atom. The highest BCUT2D eigenvalue weighted by molar-refractivity contribution is 6.41. The molecule has 0 fully saturated rings. The van der Waals surface area contributed by atoms with Crippen molar-refractivity contribution in [2.45, 2.75) is 0 Å². The molecule has 4 aromatic rings. The number of fused-ring (bicyclic) bond motifs is 1. The second-order valence-electron chi connectivity index (χ2n) is 6.99. The van der Waals surface area contributed by atoms with Crippen LogP contribution in [0, 0.1) is 0 Å². The maximum absolute atomic E-state index is 11.7. The number of nitrogens with zero attached hydrogens (tertiary/aromatic N) is 5. The fraction of sp³-hybridized carbons (Fsp3) is 0.136. The number of aromatic nitrogens is 5. The number of carbonyl (C=O) groups is 1. The summed E-state index contributed by atoms with van der Waals surface area (Å²) in [7, 11) is 4.74. The summed E-state index contributed by atoms with van der Waals surface area (Å²) in [6.45, 7) is 3.45. The average molecular weight is 500 g/mol. The van der Waals surface area contributed by atoms with Crippen LogP contribution in [-0.2, 0) is 11.8 Å². The summed E-state index contributed by atoms with van der Waals surface area (Å²) in [5, 5.41) is 11.3. The van der Waals surface area contributed by atoms with E-state index in [9.17, 15) is 4.79 Å². The first-order valence-corrected chi connectivity index (χ1v) is 10.6. The van der Waals surface area contributed by atoms with E-state index in [-0.39, 0.29) is 11.9 Å². The first-order chi connectivity index (χ1) is 16.3. The Kier molecular flexibility index (Phi) is 6.53. The van der Waals surface area contributed by atoms with Crippen LogP contribution in [0.25, 0.3) is 22.2 Å². The van der Waals surface area contributed by atoms with Crippen LogP contribution in [0.3, 0.4) is 0 Å². The summed E-state index contributed by atoms with van der Waals surface area (Å²) < 4.78 is 12.2. The van der Waals surface area contributed by atoms with Gasteiger partial charge in [0.05, 0.1) is 47.9 Å². The van der Waals surface area contributed by atoms with Gasteiger partial charge < -0.3 is 20.1 Å². The third-order valence-corrected chi connectivity index (χ3v) is 5.55. The van der Waals surface area contributed by atoms with E-state index in [2.05, 4.69) is 37.3 Å². The molecule has 0 radical (unpaired) electrons. The molecule has 0 saturated heterocycles. The molecular formula is C22H19Cl2N7O3. The zero-order valence-corrected chi connectivity index (χ0v) is 19.9. The molecule has 3 aromatic heterocycles. The maximum atomic E-state index is 11.7. The molecule has 0 aliphatic heterocycles. The second-order valence-corrected chi connectivity index (χ2v) is 7.75. The highest BCUT2D eigenvalue weighted by Crippen LogP contribution is 2.45. The lowest BCUT2D eigenvalue weighted by Crippen LogP contribution is -2.08. The number of ether oxygens (including phenoxy) is 2. The summed E-state index contributed by atoms with van der Waals surface area (Å²) in [5.41, 5.74) is 2.00. The number of halogens is 2. The van der Waals surface area contributed by atoms with E-state index in [1.807, 2.05) is 0 Å². The van der Waals surface area contributed by atoms with Crippen LogP contribution >= 0.6 is 23.2 Å². The summed E-state index contributed by atoms with van der Waals surface area (Å²) >= 11 is 13.0. The minimum Gasteiger partial charge on any atom is -0.495 e. The summed E-state index contributed by atoms with van der Waals surface area (Å²) in [5.74, 6) is 1.10. The predicted octanol–water partition coefficient (Wildman–Crippen LogP) is 4.62. The Labute approximate surface area is 204 Å². The van der Waals surface area contributed by atoms with Gasteiger partial charge in [-0.25, -0.2) is 9.97 Å². The van der Waals surface area contributed by atoms with Gasteiger partial charge in [-0.1, -0.05) is 29.8 Å². The third kappa shape index (κ3) is 4.45. The van der Waals surface area contributed by atoms with Crippen LogP contribution in [0.5, 0.6) is 11.5 Å². The number of carbonyl (C=O) groups excluding carboxylic acids is 1. The van der Waals surface area contributed by atoms with Gasteiger partial charge in [0.15, 0.2) is 5.82 Å². The van der Waals surface area contributed by atoms with Gasteiger partial charge in [0, 0.05) is 30.3 Å². The predicted molar refractivity (Wildman–Crippen MR) is 131 cm³/mol. The molecule has 0 saturated carbocycles. The number of hydrogen-bond donors (Lipinski definition) is 2. The SMILES string of the molecule is C=CC(=O)Nc1cn(C)nc1Nc1ncc2cc(-c3c(Cl)c(OC)cc(OC)c3Cl)ncc2n1. The van der Waals surface area contributed by atoms with Crippen molar-refractivity contribution in [1.82, 2.24) is 24.7 Å². The van der Waals surface area contributed by atoms with Crippen LogP contribution in [-0.4, -0.2) is 44.9 Å². The molecule has 34 heavy (non-hydrogen) atoms. The van der Waals surface area contributed by atoms with Crippen LogP contribution in [0.15, 0.2) is 43.4 Å². The van der Waals surface area contributed by atoms with E-state index in [1.165, 1.54) is 20.3 Å². The van der Waals surface area contributed by atoms with Crippen molar-refractivity contribution < 1.29 is 14.3 Å². The van der Waals surface area contributed by atoms with Crippen molar-refractivity contribution in [2.75, 3.05) is 24.9 Å². The largest absolute Gasteiger partial charge is 0.495 e. The van der Waals surface area contributed by atoms with E-state index >= 15 is 0 Å². The molecule has 0 aliphatic carbocycles. The van der Waals surface area contributed by atoms with Gasteiger partial charge in [0.2, 0.25) is 11.9 Å². The van der Waals surface area contributed by atoms with E-state index in [4.69, 9.17) is 32.7 Å². The summed E-state index contributed by atoms with van der Waals surface area (Å²) in [6.07, 6.45) is 6.02. The highest BCUT2D eigenvalue weighted by atomic mass is 35.5. The maximum Gasteiger partial charge on any atom is 0.247 e. The molecule has 3 heterocycles. The van der Waals surface area contributed by atoms with Gasteiger partial charge in [0.1, 0.15) is 17.2 Å². The van der Waals surface area contributed by atoms with Crippen molar-refractivity contribution >= 4 is 57.5 Å². The number of aryl methyl sites for hydroxylation is 1. The van der Waals surface area contributed by atoms with Crippen molar-refractivity contribution in [3.05, 3.63) is 53.4 Å². The van der Waals surface area contributed by atoms with Crippen LogP contribution in [0.1, 0.15) is 0 Å². The lowest BCUT2D eigenvalue weighted by molar-refractivity contribution is -0.111. The van der Waals surface area contributed by atoms with E-state index < -0.39 is 0 Å². The number of anilines is 3. The highest BCUT2D eigenvalue weighted by Gasteiger charge is 2.20. The van der Waals surface area contributed by atoms with Crippen molar-refractivity contribution in [1.29, 1.82) is 0 Å². The Morgan fingerprint density at radius 2 is 1.82 bits per heavy atom. The molecule has 174 valence electrons. The fourth-order valence-corrected chi connectivity index (χ4v) is 3.90. The topological polar surface area (TPSA) is 116 Å². The first-order valence-electron chi connectivity index (χ1n) is 9.81. The Bertz CT molecular complexity index is 1390. The Hall–Kier alpha value is -3.89. The normalized spacial score (nSPS) is 10.7. The molecule has 1 amide bonds. The van der Waals surface area contributed by atoms with Crippen molar-refractivity contribution in [3.8, 4) is 22.8 Å². The Morgan fingerprint density at radius 1 is 1.12 bits per heavy atom. The van der Waals surface area contributed by atoms with Crippen LogP contribution in [0.4, 0.5) is 17.5 Å². The monoisotopic (exact) mass is 499 g/mol. The summed E-state index contributed by atoms with van der Waals surface area (Å²) in [4.78, 5) is 25.0. The van der Waals surface area contributed by atoms with Gasteiger partial charge >= 0.3 is 0 Å². The number of amides is 1. The second kappa shape index (κ2) is 9.54. The minimum absolute atomic E-state index is 0.272. The van der Waals surface area contributed by atoms with Gasteiger partial charge in [-0.15, -0.1) is 0 Å². The molecule has 0 spiro atoms. The quantitative estimate of drug-likeness (QED) is 0.354. The number of rotatable bonds is 7. The lowest BCUT2D eigenvalue weighted by Gasteiger charge is -2.14. The summed E-state index contributed by atoms with van der Waals surface area (Å²) in [6, 6.07) is 3.38. The van der Waals surface area contributed by atoms with Crippen molar-refractivity contribution in [3.63, 3.8) is 0 Å². The van der Waals surface area contributed by atoms with Crippen molar-refractivity contribution in [2.24, 2.45) is 7.05 Å². The van der Waals surface area contributed by atoms with E-state index in [1.54, 1.807) is 42.5 Å². The van der Waals surface area contributed by atoms with Crippen LogP contribution in [0.2, 0.25) is 10.0 Å². The molecule has 10 nitrogen and oxygen atoms in total. The molecule has 4 rings (SSSR count). The molecule has 0 unspecified atom stereocenters. The molecule has 1 aromatic carbocycles. The first kappa shape index (κ1) is 23.3. The molecule has 0 aliphatic rings. The van der Waals surface area contributed by atoms with E-state index in [0.717, 1.165) is 0 Å². The number of benzene rings is 1. The van der Waals surface area contributed by atoms with E-state index in [0.29, 0.717) is 55.2 Å². The van der Waals surface area contributed by atoms with Gasteiger partial charge in [-0.05, 0) is 12.1 Å². The zero-order valence-electron chi connectivity index (χ0n) is 18.4. The van der Waals surface area contributed by atoms with Gasteiger partial charge in [-0.3, -0.25) is 14.5 Å². The Balaban J connectivity index is 1.70. The van der Waals surface area contributed by atoms with Gasteiger partial charge in [-0.2, -0.15) is 5.10 Å². The fourth-order valence-electron chi connectivity index (χ4n) is 3.20. The van der Waals surface area contributed by atoms with Gasteiger partial charge in [0.25, 0.3) is 0 Å². The number of pyridine rings is 1. The smallest absolute Gasteiger partial charge is 0.247 e. The molecule has 2 N–H and O–H groups in total. The standard InChI is InChI=1S/C22H19Cl2N7O3/c1-5-17(32)27-14-10-31(2)30-21(14)29-22-26-8-11-6-12(25-9-13(11)28-22)18-19(23)15(33-3)7-16(34-4)20(18)24/h5-10H,1H2,2-4H3,(H,27,32)(H,26,28,29,30). The van der Waals surface area contributed by atoms with Crippen LogP contribution < -0.4 is 20.1 Å². The molecule has 12 heteroatoms. The minimum atomic E-state index is -0.362.